The zero-order valence-electron chi connectivity index (χ0n) is 10.5. The first-order valence-electron chi connectivity index (χ1n) is 5.92. The van der Waals surface area contributed by atoms with E-state index in [2.05, 4.69) is 41.5 Å². The highest BCUT2D eigenvalue weighted by molar-refractivity contribution is 4.78. The van der Waals surface area contributed by atoms with Crippen LogP contribution in [0.4, 0.5) is 0 Å². The van der Waals surface area contributed by atoms with Gasteiger partial charge in [0.25, 0.3) is 0 Å². The molecule has 0 rings (SSSR count). The monoisotopic (exact) mass is 184 g/mol. The van der Waals surface area contributed by atoms with E-state index in [-0.39, 0.29) is 0 Å². The van der Waals surface area contributed by atoms with Crippen LogP contribution in [0.2, 0.25) is 0 Å². The summed E-state index contributed by atoms with van der Waals surface area (Å²) in [6, 6.07) is 0. The van der Waals surface area contributed by atoms with Gasteiger partial charge < -0.3 is 0 Å². The van der Waals surface area contributed by atoms with Crippen LogP contribution >= 0.6 is 0 Å². The van der Waals surface area contributed by atoms with Crippen molar-refractivity contribution in [3.05, 3.63) is 0 Å². The molecule has 0 heterocycles. The number of rotatable bonds is 6. The predicted octanol–water partition coefficient (Wildman–Crippen LogP) is 4.89. The lowest BCUT2D eigenvalue weighted by Gasteiger charge is -2.35. The molecule has 80 valence electrons. The van der Waals surface area contributed by atoms with Crippen LogP contribution in [0.1, 0.15) is 67.2 Å². The summed E-state index contributed by atoms with van der Waals surface area (Å²) in [4.78, 5) is 0. The van der Waals surface area contributed by atoms with Crippen molar-refractivity contribution in [3.63, 3.8) is 0 Å². The van der Waals surface area contributed by atoms with Crippen molar-refractivity contribution in [3.8, 4) is 0 Å². The summed E-state index contributed by atoms with van der Waals surface area (Å²) in [6.45, 7) is 14.2. The summed E-state index contributed by atoms with van der Waals surface area (Å²) in [5.74, 6) is 1.66. The van der Waals surface area contributed by atoms with Gasteiger partial charge in [-0.2, -0.15) is 0 Å². The Bertz CT molecular complexity index is 124. The summed E-state index contributed by atoms with van der Waals surface area (Å²) >= 11 is 0. The molecule has 0 saturated carbocycles. The quantitative estimate of drug-likeness (QED) is 0.551. The Morgan fingerprint density at radius 3 is 1.92 bits per heavy atom. The molecule has 0 radical (unpaired) electrons. The average molecular weight is 184 g/mol. The fourth-order valence-corrected chi connectivity index (χ4v) is 2.14. The van der Waals surface area contributed by atoms with Gasteiger partial charge in [0.1, 0.15) is 0 Å². The third-order valence-corrected chi connectivity index (χ3v) is 3.37. The SMILES string of the molecule is CCCC[C@@](C)(CC(C)C)C(C)C. The van der Waals surface area contributed by atoms with Gasteiger partial charge in [0.05, 0.1) is 0 Å². The lowest BCUT2D eigenvalue weighted by molar-refractivity contribution is 0.152. The second-order valence-corrected chi connectivity index (χ2v) is 5.51. The van der Waals surface area contributed by atoms with Crippen molar-refractivity contribution >= 4 is 0 Å². The van der Waals surface area contributed by atoms with E-state index in [0.717, 1.165) is 11.8 Å². The molecule has 0 aromatic heterocycles. The molecule has 0 heteroatoms. The molecule has 0 amide bonds. The molecule has 0 aromatic rings. The minimum Gasteiger partial charge on any atom is -0.0654 e. The first-order valence-corrected chi connectivity index (χ1v) is 5.92. The van der Waals surface area contributed by atoms with Gasteiger partial charge in [-0.15, -0.1) is 0 Å². The van der Waals surface area contributed by atoms with Crippen LogP contribution in [-0.4, -0.2) is 0 Å². The van der Waals surface area contributed by atoms with E-state index < -0.39 is 0 Å². The molecule has 0 aliphatic heterocycles. The second-order valence-electron chi connectivity index (χ2n) is 5.51. The first kappa shape index (κ1) is 13.0. The van der Waals surface area contributed by atoms with Gasteiger partial charge in [0, 0.05) is 0 Å². The third-order valence-electron chi connectivity index (χ3n) is 3.37. The largest absolute Gasteiger partial charge is 0.0654 e. The highest BCUT2D eigenvalue weighted by Gasteiger charge is 2.28. The zero-order chi connectivity index (χ0) is 10.5. The standard InChI is InChI=1S/C13H28/c1-7-8-9-13(6,12(4)5)10-11(2)3/h11-12H,7-10H2,1-6H3/t13-/m0/s1. The first-order chi connectivity index (χ1) is 5.92. The Labute approximate surface area is 85.1 Å². The smallest absolute Gasteiger partial charge is 0.0300 e. The summed E-state index contributed by atoms with van der Waals surface area (Å²) in [6.07, 6.45) is 5.51. The van der Waals surface area contributed by atoms with Crippen molar-refractivity contribution in [1.29, 1.82) is 0 Å². The number of hydrogen-bond acceptors (Lipinski definition) is 0. The van der Waals surface area contributed by atoms with Crippen LogP contribution in [0.5, 0.6) is 0 Å². The Morgan fingerprint density at radius 2 is 1.62 bits per heavy atom. The maximum absolute atomic E-state index is 2.47. The Balaban J connectivity index is 4.16. The van der Waals surface area contributed by atoms with Gasteiger partial charge in [-0.1, -0.05) is 54.4 Å². The fraction of sp³-hybridized carbons (Fsp3) is 1.00. The van der Waals surface area contributed by atoms with Crippen molar-refractivity contribution in [2.45, 2.75) is 67.2 Å². The van der Waals surface area contributed by atoms with Crippen molar-refractivity contribution < 1.29 is 0 Å². The molecule has 0 aliphatic rings. The molecule has 0 nitrogen and oxygen atoms in total. The number of hydrogen-bond donors (Lipinski definition) is 0. The molecular formula is C13H28. The van der Waals surface area contributed by atoms with E-state index in [1.807, 2.05) is 0 Å². The topological polar surface area (TPSA) is 0 Å². The molecule has 0 fully saturated rings. The summed E-state index contributed by atoms with van der Waals surface area (Å²) in [5.41, 5.74) is 0.574. The van der Waals surface area contributed by atoms with E-state index in [1.54, 1.807) is 0 Å². The molecular weight excluding hydrogens is 156 g/mol. The minimum atomic E-state index is 0.574. The van der Waals surface area contributed by atoms with Gasteiger partial charge in [0.2, 0.25) is 0 Å². The highest BCUT2D eigenvalue weighted by Crippen LogP contribution is 2.38. The van der Waals surface area contributed by atoms with E-state index in [4.69, 9.17) is 0 Å². The van der Waals surface area contributed by atoms with Crippen LogP contribution in [0.3, 0.4) is 0 Å². The summed E-state index contributed by atoms with van der Waals surface area (Å²) in [7, 11) is 0. The lowest BCUT2D eigenvalue weighted by Crippen LogP contribution is -2.25. The summed E-state index contributed by atoms with van der Waals surface area (Å²) in [5, 5.41) is 0. The van der Waals surface area contributed by atoms with Crippen LogP contribution < -0.4 is 0 Å². The van der Waals surface area contributed by atoms with E-state index in [1.165, 1.54) is 25.7 Å². The molecule has 0 aliphatic carbocycles. The molecule has 13 heavy (non-hydrogen) atoms. The van der Waals surface area contributed by atoms with Crippen LogP contribution in [0.15, 0.2) is 0 Å². The molecule has 0 spiro atoms. The van der Waals surface area contributed by atoms with Crippen molar-refractivity contribution in [2.24, 2.45) is 17.3 Å². The molecule has 0 N–H and O–H groups in total. The maximum atomic E-state index is 2.47. The van der Waals surface area contributed by atoms with E-state index in [0.29, 0.717) is 5.41 Å². The average Bonchev–Trinajstić information content (AvgIpc) is 1.99. The molecule has 1 atom stereocenters. The Hall–Kier alpha value is 0. The van der Waals surface area contributed by atoms with Crippen molar-refractivity contribution in [1.82, 2.24) is 0 Å². The predicted molar refractivity (Wildman–Crippen MR) is 61.9 cm³/mol. The second kappa shape index (κ2) is 5.67. The van der Waals surface area contributed by atoms with Crippen LogP contribution in [-0.2, 0) is 0 Å². The van der Waals surface area contributed by atoms with E-state index in [9.17, 15) is 0 Å². The van der Waals surface area contributed by atoms with Gasteiger partial charge in [0.15, 0.2) is 0 Å². The normalized spacial score (nSPS) is 16.6. The molecule has 0 saturated heterocycles. The maximum Gasteiger partial charge on any atom is -0.0300 e. The van der Waals surface area contributed by atoms with E-state index >= 15 is 0 Å². The Morgan fingerprint density at radius 1 is 1.08 bits per heavy atom. The highest BCUT2D eigenvalue weighted by atomic mass is 14.3. The summed E-state index contributed by atoms with van der Waals surface area (Å²) < 4.78 is 0. The minimum absolute atomic E-state index is 0.574. The Kier molecular flexibility index (Phi) is 5.67. The van der Waals surface area contributed by atoms with Gasteiger partial charge in [-0.25, -0.2) is 0 Å². The third kappa shape index (κ3) is 4.69. The van der Waals surface area contributed by atoms with Crippen LogP contribution in [0, 0.1) is 17.3 Å². The van der Waals surface area contributed by atoms with Gasteiger partial charge >= 0.3 is 0 Å². The number of unbranched alkanes of at least 4 members (excludes halogenated alkanes) is 1. The lowest BCUT2D eigenvalue weighted by atomic mass is 9.70. The van der Waals surface area contributed by atoms with Gasteiger partial charge in [-0.05, 0) is 30.1 Å². The zero-order valence-corrected chi connectivity index (χ0v) is 10.5. The molecule has 0 aromatic carbocycles. The van der Waals surface area contributed by atoms with Crippen molar-refractivity contribution in [2.75, 3.05) is 0 Å². The van der Waals surface area contributed by atoms with Crippen LogP contribution in [0.25, 0.3) is 0 Å². The fourth-order valence-electron chi connectivity index (χ4n) is 2.14. The molecule has 0 unspecified atom stereocenters. The van der Waals surface area contributed by atoms with Gasteiger partial charge in [-0.3, -0.25) is 0 Å². The molecule has 0 bridgehead atoms.